The van der Waals surface area contributed by atoms with E-state index in [-0.39, 0.29) is 12.1 Å². The number of halogens is 1. The van der Waals surface area contributed by atoms with E-state index in [1.807, 2.05) is 0 Å². The van der Waals surface area contributed by atoms with E-state index in [9.17, 15) is 4.79 Å². The molecule has 1 aromatic carbocycles. The second-order valence-corrected chi connectivity index (χ2v) is 5.37. The summed E-state index contributed by atoms with van der Waals surface area (Å²) < 4.78 is 6.27. The van der Waals surface area contributed by atoms with E-state index >= 15 is 0 Å². The van der Waals surface area contributed by atoms with Crippen LogP contribution in [0.5, 0.6) is 0 Å². The maximum atomic E-state index is 11.2. The smallest absolute Gasteiger partial charge is 0.337 e. The van der Waals surface area contributed by atoms with Crippen LogP contribution in [0.4, 0.5) is 5.69 Å². The summed E-state index contributed by atoms with van der Waals surface area (Å²) in [5.41, 5.74) is 0.936. The van der Waals surface area contributed by atoms with Gasteiger partial charge in [0.25, 0.3) is 0 Å². The molecule has 0 spiro atoms. The number of carboxylic acid groups (broad SMARTS) is 1. The van der Waals surface area contributed by atoms with Crippen molar-refractivity contribution in [3.63, 3.8) is 0 Å². The first-order chi connectivity index (χ1) is 8.61. The van der Waals surface area contributed by atoms with Gasteiger partial charge in [-0.3, -0.25) is 0 Å². The molecule has 0 amide bonds. The third kappa shape index (κ3) is 2.84. The Bertz CT molecular complexity index is 450. The number of methoxy groups -OCH3 is 1. The van der Waals surface area contributed by atoms with Crippen LogP contribution in [0.15, 0.2) is 22.7 Å². The molecule has 0 saturated heterocycles. The third-order valence-corrected chi connectivity index (χ3v) is 3.80. The molecule has 1 fully saturated rings. The van der Waals surface area contributed by atoms with E-state index in [0.717, 1.165) is 23.7 Å². The van der Waals surface area contributed by atoms with Gasteiger partial charge in [-0.05, 0) is 37.5 Å². The summed E-state index contributed by atoms with van der Waals surface area (Å²) in [6.45, 7) is 0. The van der Waals surface area contributed by atoms with Crippen LogP contribution in [0.2, 0.25) is 0 Å². The molecule has 2 rings (SSSR count). The van der Waals surface area contributed by atoms with Crippen LogP contribution in [0.3, 0.4) is 0 Å². The lowest BCUT2D eigenvalue weighted by atomic mass is 10.1. The maximum Gasteiger partial charge on any atom is 0.337 e. The summed E-state index contributed by atoms with van der Waals surface area (Å²) in [7, 11) is 1.70. The van der Waals surface area contributed by atoms with Crippen LogP contribution < -0.4 is 5.32 Å². The lowest BCUT2D eigenvalue weighted by Gasteiger charge is -2.22. The van der Waals surface area contributed by atoms with Gasteiger partial charge in [-0.2, -0.15) is 0 Å². The van der Waals surface area contributed by atoms with Crippen molar-refractivity contribution < 1.29 is 14.6 Å². The molecule has 1 aliphatic carbocycles. The molecule has 1 saturated carbocycles. The zero-order valence-corrected chi connectivity index (χ0v) is 11.7. The van der Waals surface area contributed by atoms with Gasteiger partial charge in [-0.1, -0.05) is 15.9 Å². The summed E-state index contributed by atoms with van der Waals surface area (Å²) in [6, 6.07) is 5.32. The van der Waals surface area contributed by atoms with E-state index in [0.29, 0.717) is 11.3 Å². The zero-order valence-electron chi connectivity index (χ0n) is 10.1. The van der Waals surface area contributed by atoms with E-state index in [1.165, 1.54) is 0 Å². The summed E-state index contributed by atoms with van der Waals surface area (Å²) in [6.07, 6.45) is 3.28. The topological polar surface area (TPSA) is 58.6 Å². The number of ether oxygens (including phenoxy) is 1. The highest BCUT2D eigenvalue weighted by Gasteiger charge is 2.27. The quantitative estimate of drug-likeness (QED) is 0.896. The number of hydrogen-bond acceptors (Lipinski definition) is 3. The Labute approximate surface area is 114 Å². The van der Waals surface area contributed by atoms with Gasteiger partial charge in [-0.15, -0.1) is 0 Å². The molecule has 0 aromatic heterocycles. The first kappa shape index (κ1) is 13.4. The fraction of sp³-hybridized carbons (Fsp3) is 0.462. The molecule has 4 nitrogen and oxygen atoms in total. The first-order valence-electron chi connectivity index (χ1n) is 5.94. The summed E-state index contributed by atoms with van der Waals surface area (Å²) in [5, 5.41) is 12.5. The third-order valence-electron chi connectivity index (χ3n) is 3.31. The zero-order chi connectivity index (χ0) is 13.1. The summed E-state index contributed by atoms with van der Waals surface area (Å²) in [4.78, 5) is 11.2. The lowest BCUT2D eigenvalue weighted by Crippen LogP contribution is -2.30. The standard InChI is InChI=1S/C13H16BrNO3/c1-18-12-4-2-3-10(12)15-11-7-8(14)5-6-9(11)13(16)17/h5-7,10,12,15H,2-4H2,1H3,(H,16,17). The van der Waals surface area contributed by atoms with Gasteiger partial charge in [0.15, 0.2) is 0 Å². The largest absolute Gasteiger partial charge is 0.478 e. The Morgan fingerprint density at radius 3 is 2.94 bits per heavy atom. The lowest BCUT2D eigenvalue weighted by molar-refractivity contribution is 0.0697. The molecule has 2 N–H and O–H groups in total. The number of anilines is 1. The van der Waals surface area contributed by atoms with Gasteiger partial charge < -0.3 is 15.2 Å². The van der Waals surface area contributed by atoms with Gasteiger partial charge in [0, 0.05) is 11.6 Å². The number of aromatic carboxylic acids is 1. The second-order valence-electron chi connectivity index (χ2n) is 4.45. The normalized spacial score (nSPS) is 23.0. The molecule has 1 aromatic rings. The Morgan fingerprint density at radius 1 is 1.50 bits per heavy atom. The highest BCUT2D eigenvalue weighted by Crippen LogP contribution is 2.28. The van der Waals surface area contributed by atoms with Crippen molar-refractivity contribution in [2.24, 2.45) is 0 Å². The van der Waals surface area contributed by atoms with Crippen molar-refractivity contribution in [1.82, 2.24) is 0 Å². The highest BCUT2D eigenvalue weighted by atomic mass is 79.9. The van der Waals surface area contributed by atoms with Crippen molar-refractivity contribution in [3.8, 4) is 0 Å². The van der Waals surface area contributed by atoms with Crippen molar-refractivity contribution in [2.45, 2.75) is 31.4 Å². The average molecular weight is 314 g/mol. The van der Waals surface area contributed by atoms with Crippen LogP contribution in [0.25, 0.3) is 0 Å². The molecule has 5 heteroatoms. The number of hydrogen-bond donors (Lipinski definition) is 2. The van der Waals surface area contributed by atoms with Crippen LogP contribution in [0, 0.1) is 0 Å². The molecule has 0 radical (unpaired) electrons. The molecule has 2 atom stereocenters. The van der Waals surface area contributed by atoms with Crippen LogP contribution in [0.1, 0.15) is 29.6 Å². The van der Waals surface area contributed by atoms with E-state index in [4.69, 9.17) is 9.84 Å². The predicted octanol–water partition coefficient (Wildman–Crippen LogP) is 3.13. The minimum absolute atomic E-state index is 0.158. The van der Waals surface area contributed by atoms with E-state index < -0.39 is 5.97 Å². The number of carbonyl (C=O) groups is 1. The van der Waals surface area contributed by atoms with Gasteiger partial charge >= 0.3 is 5.97 Å². The minimum atomic E-state index is -0.919. The van der Waals surface area contributed by atoms with Crippen LogP contribution >= 0.6 is 15.9 Å². The van der Waals surface area contributed by atoms with Crippen molar-refractivity contribution >= 4 is 27.6 Å². The predicted molar refractivity (Wildman–Crippen MR) is 73.2 cm³/mol. The molecule has 98 valence electrons. The SMILES string of the molecule is COC1CCCC1Nc1cc(Br)ccc1C(=O)O. The van der Waals surface area contributed by atoms with Crippen LogP contribution in [-0.4, -0.2) is 30.3 Å². The minimum Gasteiger partial charge on any atom is -0.478 e. The van der Waals surface area contributed by atoms with Crippen LogP contribution in [-0.2, 0) is 4.74 Å². The summed E-state index contributed by atoms with van der Waals surface area (Å²) in [5.74, 6) is -0.919. The molecule has 1 aliphatic rings. The van der Waals surface area contributed by atoms with Crippen molar-refractivity contribution in [1.29, 1.82) is 0 Å². The maximum absolute atomic E-state index is 11.2. The average Bonchev–Trinajstić information content (AvgIpc) is 2.76. The second kappa shape index (κ2) is 5.71. The van der Waals surface area contributed by atoms with Crippen molar-refractivity contribution in [3.05, 3.63) is 28.2 Å². The highest BCUT2D eigenvalue weighted by molar-refractivity contribution is 9.10. The Kier molecular flexibility index (Phi) is 4.24. The molecule has 0 heterocycles. The Balaban J connectivity index is 2.22. The monoisotopic (exact) mass is 313 g/mol. The molecule has 0 bridgehead atoms. The van der Waals surface area contributed by atoms with E-state index in [2.05, 4.69) is 21.2 Å². The first-order valence-corrected chi connectivity index (χ1v) is 6.73. The number of benzene rings is 1. The number of nitrogens with one attached hydrogen (secondary N) is 1. The Morgan fingerprint density at radius 2 is 2.28 bits per heavy atom. The molecule has 18 heavy (non-hydrogen) atoms. The number of carboxylic acids is 1. The van der Waals surface area contributed by atoms with Gasteiger partial charge in [-0.25, -0.2) is 4.79 Å². The summed E-state index contributed by atoms with van der Waals surface area (Å²) >= 11 is 3.36. The molecule has 2 unspecified atom stereocenters. The van der Waals surface area contributed by atoms with Gasteiger partial charge in [0.05, 0.1) is 23.4 Å². The Hall–Kier alpha value is -1.07. The van der Waals surface area contributed by atoms with Gasteiger partial charge in [0.2, 0.25) is 0 Å². The number of rotatable bonds is 4. The molecule has 0 aliphatic heterocycles. The van der Waals surface area contributed by atoms with E-state index in [1.54, 1.807) is 25.3 Å². The van der Waals surface area contributed by atoms with Gasteiger partial charge in [0.1, 0.15) is 0 Å². The fourth-order valence-electron chi connectivity index (χ4n) is 2.40. The van der Waals surface area contributed by atoms with Crippen molar-refractivity contribution in [2.75, 3.05) is 12.4 Å². The fourth-order valence-corrected chi connectivity index (χ4v) is 2.76. The molecular formula is C13H16BrNO3. The molecular weight excluding hydrogens is 298 g/mol.